The molecule has 0 bridgehead atoms. The Hall–Kier alpha value is -1.76. The summed E-state index contributed by atoms with van der Waals surface area (Å²) >= 11 is 0. The Labute approximate surface area is 326 Å². The van der Waals surface area contributed by atoms with Crippen LogP contribution in [0.15, 0.2) is 0 Å². The Bertz CT molecular complexity index is 889. The van der Waals surface area contributed by atoms with Crippen molar-refractivity contribution in [2.45, 2.75) is 251 Å². The zero-order valence-electron chi connectivity index (χ0n) is 37.6. The maximum atomic E-state index is 3.41. The lowest BCUT2D eigenvalue weighted by atomic mass is 9.87. The first kappa shape index (κ1) is 56.0. The highest BCUT2D eigenvalue weighted by Gasteiger charge is 2.12. The van der Waals surface area contributed by atoms with Crippen molar-refractivity contribution in [3.05, 3.63) is 0 Å². The number of unbranched alkanes of at least 4 members (excludes halogenated alkanes) is 17. The SMILES string of the molecule is CC#CC(CCCCCCCCCCC)C(C)C.CC#CC(CCCCCCCCCCC)C(C)CC.CC#CCCC.CC#CCCC(C)C. The fraction of sp³-hybridized carbons (Fsp3) is 0.843. The fourth-order valence-electron chi connectivity index (χ4n) is 5.81. The lowest BCUT2D eigenvalue weighted by Crippen LogP contribution is -2.08. The van der Waals surface area contributed by atoms with E-state index in [0.29, 0.717) is 17.8 Å². The van der Waals surface area contributed by atoms with Gasteiger partial charge in [-0.05, 0) is 71.1 Å². The van der Waals surface area contributed by atoms with Gasteiger partial charge in [-0.1, -0.05) is 196 Å². The molecule has 0 spiro atoms. The van der Waals surface area contributed by atoms with E-state index >= 15 is 0 Å². The topological polar surface area (TPSA) is 0 Å². The molecule has 0 saturated carbocycles. The molecule has 298 valence electrons. The summed E-state index contributed by atoms with van der Waals surface area (Å²) in [4.78, 5) is 0. The standard InChI is InChI=1S/C19H36.C18H34.C8H14.C6H10/c1-5-8-9-10-11-12-13-14-15-17-19(16-6-2)18(4)7-3;1-5-7-8-9-10-11-12-13-14-16-18(15-6-2)17(3)4;1-4-5-6-7-8(2)3;1-3-5-6-4-2/h18-19H,5,7-15,17H2,1-4H3;17-18H,5,7-14,16H2,1-4H3;8H,6-7H2,1-3H3;3,5H2,1-2H3. The van der Waals surface area contributed by atoms with Crippen LogP contribution >= 0.6 is 0 Å². The van der Waals surface area contributed by atoms with E-state index in [4.69, 9.17) is 0 Å². The molecule has 0 aliphatic heterocycles. The molecule has 0 aliphatic rings. The quantitative estimate of drug-likeness (QED) is 0.0620. The van der Waals surface area contributed by atoms with Gasteiger partial charge in [0, 0.05) is 24.7 Å². The minimum absolute atomic E-state index is 0.625. The predicted octanol–water partition coefficient (Wildman–Crippen LogP) is 17.1. The smallest absolute Gasteiger partial charge is 0.0228 e. The molecule has 0 aromatic carbocycles. The molecule has 0 N–H and O–H groups in total. The van der Waals surface area contributed by atoms with Gasteiger partial charge < -0.3 is 0 Å². The van der Waals surface area contributed by atoms with Gasteiger partial charge in [0.05, 0.1) is 0 Å². The highest BCUT2D eigenvalue weighted by molar-refractivity contribution is 5.02. The summed E-state index contributed by atoms with van der Waals surface area (Å²) in [6.07, 6.45) is 33.9. The number of hydrogen-bond acceptors (Lipinski definition) is 0. The highest BCUT2D eigenvalue weighted by Crippen LogP contribution is 2.22. The zero-order chi connectivity index (χ0) is 39.2. The number of hydrogen-bond donors (Lipinski definition) is 0. The van der Waals surface area contributed by atoms with Crippen LogP contribution in [0, 0.1) is 77.0 Å². The fourth-order valence-corrected chi connectivity index (χ4v) is 5.81. The molecule has 0 aromatic heterocycles. The summed E-state index contributed by atoms with van der Waals surface area (Å²) in [7, 11) is 0. The average Bonchev–Trinajstić information content (AvgIpc) is 3.12. The molecular weight excluding hydrogens is 613 g/mol. The zero-order valence-corrected chi connectivity index (χ0v) is 37.6. The van der Waals surface area contributed by atoms with Crippen molar-refractivity contribution in [2.24, 2.45) is 29.6 Å². The van der Waals surface area contributed by atoms with E-state index in [2.05, 4.69) is 110 Å². The molecule has 0 aliphatic carbocycles. The summed E-state index contributed by atoms with van der Waals surface area (Å²) in [6, 6.07) is 0. The van der Waals surface area contributed by atoms with Crippen molar-refractivity contribution >= 4 is 0 Å². The number of rotatable bonds is 26. The van der Waals surface area contributed by atoms with Gasteiger partial charge in [-0.2, -0.15) is 0 Å². The normalized spacial score (nSPS) is 11.5. The maximum Gasteiger partial charge on any atom is 0.0228 e. The molecular formula is C51H94. The van der Waals surface area contributed by atoms with Gasteiger partial charge in [0.2, 0.25) is 0 Å². The molecule has 0 saturated heterocycles. The van der Waals surface area contributed by atoms with Crippen molar-refractivity contribution < 1.29 is 0 Å². The largest absolute Gasteiger partial charge is 0.107 e. The molecule has 0 radical (unpaired) electrons. The summed E-state index contributed by atoms with van der Waals surface area (Å²) in [5, 5.41) is 0. The van der Waals surface area contributed by atoms with Crippen LogP contribution in [0.3, 0.4) is 0 Å². The van der Waals surface area contributed by atoms with Crippen molar-refractivity contribution in [3.63, 3.8) is 0 Å². The van der Waals surface area contributed by atoms with Gasteiger partial charge >= 0.3 is 0 Å². The molecule has 0 aromatic rings. The molecule has 0 fully saturated rings. The van der Waals surface area contributed by atoms with Crippen LogP contribution in [0.25, 0.3) is 0 Å². The third-order valence-corrected chi connectivity index (χ3v) is 9.61. The first-order valence-corrected chi connectivity index (χ1v) is 22.3. The Balaban J connectivity index is -0.000000318. The lowest BCUT2D eigenvalue weighted by Gasteiger charge is -2.17. The van der Waals surface area contributed by atoms with Crippen LogP contribution in [-0.2, 0) is 0 Å². The van der Waals surface area contributed by atoms with Gasteiger partial charge in [-0.25, -0.2) is 0 Å². The third-order valence-electron chi connectivity index (χ3n) is 9.61. The molecule has 0 amide bonds. The Morgan fingerprint density at radius 2 is 0.745 bits per heavy atom. The van der Waals surface area contributed by atoms with E-state index in [1.807, 2.05) is 27.7 Å². The molecule has 51 heavy (non-hydrogen) atoms. The molecule has 0 rings (SSSR count). The Morgan fingerprint density at radius 3 is 1.06 bits per heavy atom. The summed E-state index contributed by atoms with van der Waals surface area (Å²) in [5.74, 6) is 28.2. The van der Waals surface area contributed by atoms with Crippen molar-refractivity contribution in [2.75, 3.05) is 0 Å². The Kier molecular flexibility index (Phi) is 55.3. The first-order valence-electron chi connectivity index (χ1n) is 22.3. The van der Waals surface area contributed by atoms with Crippen LogP contribution < -0.4 is 0 Å². The average molecular weight is 707 g/mol. The van der Waals surface area contributed by atoms with Gasteiger partial charge in [-0.3, -0.25) is 0 Å². The van der Waals surface area contributed by atoms with Gasteiger partial charge in [0.1, 0.15) is 0 Å². The third kappa shape index (κ3) is 52.7. The highest BCUT2D eigenvalue weighted by atomic mass is 14.2. The Morgan fingerprint density at radius 1 is 0.373 bits per heavy atom. The second-order valence-electron chi connectivity index (χ2n) is 15.4. The van der Waals surface area contributed by atoms with Crippen molar-refractivity contribution in [1.82, 2.24) is 0 Å². The van der Waals surface area contributed by atoms with Crippen molar-refractivity contribution in [1.29, 1.82) is 0 Å². The maximum absolute atomic E-state index is 3.41. The minimum Gasteiger partial charge on any atom is -0.107 e. The summed E-state index contributed by atoms with van der Waals surface area (Å²) in [5.41, 5.74) is 0. The van der Waals surface area contributed by atoms with E-state index < -0.39 is 0 Å². The molecule has 0 heterocycles. The lowest BCUT2D eigenvalue weighted by molar-refractivity contribution is 0.389. The van der Waals surface area contributed by atoms with Crippen LogP contribution in [0.1, 0.15) is 251 Å². The second-order valence-corrected chi connectivity index (χ2v) is 15.4. The van der Waals surface area contributed by atoms with Gasteiger partial charge in [0.15, 0.2) is 0 Å². The first-order chi connectivity index (χ1) is 24.7. The van der Waals surface area contributed by atoms with Crippen molar-refractivity contribution in [3.8, 4) is 47.4 Å². The summed E-state index contributed by atoms with van der Waals surface area (Å²) in [6.45, 7) is 28.1. The molecule has 3 atom stereocenters. The van der Waals surface area contributed by atoms with E-state index in [9.17, 15) is 0 Å². The predicted molar refractivity (Wildman–Crippen MR) is 238 cm³/mol. The van der Waals surface area contributed by atoms with Crippen LogP contribution in [0.4, 0.5) is 0 Å². The van der Waals surface area contributed by atoms with E-state index in [0.717, 1.165) is 24.7 Å². The van der Waals surface area contributed by atoms with E-state index in [-0.39, 0.29) is 0 Å². The van der Waals surface area contributed by atoms with Gasteiger partial charge in [0.25, 0.3) is 0 Å². The van der Waals surface area contributed by atoms with E-state index in [1.165, 1.54) is 148 Å². The van der Waals surface area contributed by atoms with Crippen LogP contribution in [0.5, 0.6) is 0 Å². The molecule has 3 unspecified atom stereocenters. The summed E-state index contributed by atoms with van der Waals surface area (Å²) < 4.78 is 0. The molecule has 0 heteroatoms. The minimum atomic E-state index is 0.625. The van der Waals surface area contributed by atoms with E-state index in [1.54, 1.807) is 0 Å². The van der Waals surface area contributed by atoms with Crippen LogP contribution in [-0.4, -0.2) is 0 Å². The molecule has 0 nitrogen and oxygen atoms in total. The van der Waals surface area contributed by atoms with Gasteiger partial charge in [-0.15, -0.1) is 35.5 Å². The second kappa shape index (κ2) is 50.3. The van der Waals surface area contributed by atoms with Crippen LogP contribution in [0.2, 0.25) is 0 Å². The monoisotopic (exact) mass is 707 g/mol.